The van der Waals surface area contributed by atoms with E-state index < -0.39 is 0 Å². The van der Waals surface area contributed by atoms with Crippen LogP contribution in [0, 0.1) is 17.2 Å². The molecule has 2 aliphatic heterocycles. The van der Waals surface area contributed by atoms with Gasteiger partial charge in [0.25, 0.3) is 0 Å². The highest BCUT2D eigenvalue weighted by atomic mass is 16.5. The first-order valence-electron chi connectivity index (χ1n) is 12.5. The lowest BCUT2D eigenvalue weighted by atomic mass is 9.95. The topological polar surface area (TPSA) is 113 Å². The van der Waals surface area contributed by atoms with Crippen LogP contribution in [0.5, 0.6) is 0 Å². The van der Waals surface area contributed by atoms with Crippen molar-refractivity contribution in [3.8, 4) is 17.2 Å². The Kier molecular flexibility index (Phi) is 6.19. The lowest BCUT2D eigenvalue weighted by Gasteiger charge is -2.28. The first-order chi connectivity index (χ1) is 18.6. The molecule has 0 spiro atoms. The number of pyridine rings is 2. The summed E-state index contributed by atoms with van der Waals surface area (Å²) in [5.41, 5.74) is 6.54. The summed E-state index contributed by atoms with van der Waals surface area (Å²) in [6.07, 6.45) is 13.5. The number of nitrogens with one attached hydrogen (secondary N) is 1. The predicted molar refractivity (Wildman–Crippen MR) is 143 cm³/mol. The summed E-state index contributed by atoms with van der Waals surface area (Å²) in [6.45, 7) is 7.36. The van der Waals surface area contributed by atoms with Gasteiger partial charge in [-0.15, -0.1) is 0 Å². The van der Waals surface area contributed by atoms with Crippen LogP contribution in [0.3, 0.4) is 0 Å². The Bertz CT molecular complexity index is 1590. The van der Waals surface area contributed by atoms with Crippen LogP contribution in [0.15, 0.2) is 67.9 Å². The molecule has 0 aliphatic carbocycles. The van der Waals surface area contributed by atoms with Gasteiger partial charge >= 0.3 is 0 Å². The lowest BCUT2D eigenvalue weighted by molar-refractivity contribution is -0.111. The molecule has 0 bridgehead atoms. The zero-order chi connectivity index (χ0) is 26.1. The second kappa shape index (κ2) is 9.95. The highest BCUT2D eigenvalue weighted by Crippen LogP contribution is 2.33. The molecule has 1 amide bonds. The number of anilines is 2. The second-order valence-electron chi connectivity index (χ2n) is 9.48. The van der Waals surface area contributed by atoms with Crippen molar-refractivity contribution in [3.63, 3.8) is 0 Å². The number of aromatic nitrogens is 5. The van der Waals surface area contributed by atoms with Gasteiger partial charge in [-0.1, -0.05) is 12.7 Å². The molecule has 10 heteroatoms. The van der Waals surface area contributed by atoms with Crippen LogP contribution in [0.1, 0.15) is 17.5 Å². The van der Waals surface area contributed by atoms with E-state index in [1.807, 2.05) is 23.1 Å². The predicted octanol–water partition coefficient (Wildman–Crippen LogP) is 3.53. The molecule has 0 aromatic carbocycles. The SMILES string of the molecule is C=CC(=O)Nc1ccc(N2CC=C(c3cc(-c4cnn(CC5COC5)c4)cn4ncc(C#N)c34)CC2)cn1. The van der Waals surface area contributed by atoms with E-state index in [2.05, 4.69) is 56.4 Å². The molecule has 6 heterocycles. The summed E-state index contributed by atoms with van der Waals surface area (Å²) in [7, 11) is 0. The maximum absolute atomic E-state index is 11.5. The zero-order valence-electron chi connectivity index (χ0n) is 20.7. The summed E-state index contributed by atoms with van der Waals surface area (Å²) >= 11 is 0. The van der Waals surface area contributed by atoms with Gasteiger partial charge in [0.2, 0.25) is 5.91 Å². The van der Waals surface area contributed by atoms with Crippen molar-refractivity contribution in [2.24, 2.45) is 5.92 Å². The summed E-state index contributed by atoms with van der Waals surface area (Å²) in [5.74, 6) is 0.708. The monoisotopic (exact) mass is 506 g/mol. The molecule has 4 aromatic heterocycles. The molecule has 1 fully saturated rings. The first-order valence-corrected chi connectivity index (χ1v) is 12.5. The summed E-state index contributed by atoms with van der Waals surface area (Å²) < 4.78 is 9.06. The Labute approximate surface area is 219 Å². The average molecular weight is 507 g/mol. The number of carbonyl (C=O) groups excluding carboxylic acids is 1. The van der Waals surface area contributed by atoms with Crippen molar-refractivity contribution >= 4 is 28.5 Å². The number of amides is 1. The third-order valence-corrected chi connectivity index (χ3v) is 6.96. The minimum absolute atomic E-state index is 0.290. The van der Waals surface area contributed by atoms with Gasteiger partial charge in [0.1, 0.15) is 11.9 Å². The van der Waals surface area contributed by atoms with Gasteiger partial charge in [0, 0.05) is 54.6 Å². The average Bonchev–Trinajstić information content (AvgIpc) is 3.58. The van der Waals surface area contributed by atoms with E-state index in [-0.39, 0.29) is 5.91 Å². The van der Waals surface area contributed by atoms with E-state index in [1.54, 1.807) is 23.0 Å². The highest BCUT2D eigenvalue weighted by Gasteiger charge is 2.21. The number of hydrogen-bond acceptors (Lipinski definition) is 7. The quantitative estimate of drug-likeness (QED) is 0.382. The molecule has 4 aromatic rings. The molecule has 38 heavy (non-hydrogen) atoms. The van der Waals surface area contributed by atoms with E-state index in [4.69, 9.17) is 4.74 Å². The van der Waals surface area contributed by atoms with E-state index in [9.17, 15) is 10.1 Å². The Morgan fingerprint density at radius 1 is 1.21 bits per heavy atom. The molecule has 10 nitrogen and oxygen atoms in total. The Morgan fingerprint density at radius 2 is 2.11 bits per heavy atom. The lowest BCUT2D eigenvalue weighted by Crippen LogP contribution is -2.31. The highest BCUT2D eigenvalue weighted by molar-refractivity contribution is 5.98. The molecule has 0 radical (unpaired) electrons. The fourth-order valence-electron chi connectivity index (χ4n) is 4.85. The molecule has 0 saturated carbocycles. The van der Waals surface area contributed by atoms with Crippen LogP contribution < -0.4 is 10.2 Å². The normalized spacial score (nSPS) is 15.6. The Morgan fingerprint density at radius 3 is 2.79 bits per heavy atom. The van der Waals surface area contributed by atoms with Gasteiger partial charge < -0.3 is 15.0 Å². The molecule has 6 rings (SSSR count). The number of nitriles is 1. The van der Waals surface area contributed by atoms with Crippen molar-refractivity contribution in [2.75, 3.05) is 36.5 Å². The maximum Gasteiger partial charge on any atom is 0.248 e. The summed E-state index contributed by atoms with van der Waals surface area (Å²) in [4.78, 5) is 18.1. The van der Waals surface area contributed by atoms with Gasteiger partial charge in [0.05, 0.1) is 48.6 Å². The first kappa shape index (κ1) is 23.6. The molecular formula is C28H26N8O2. The van der Waals surface area contributed by atoms with Crippen molar-refractivity contribution in [1.29, 1.82) is 5.26 Å². The van der Waals surface area contributed by atoms with Gasteiger partial charge in [0.15, 0.2) is 0 Å². The van der Waals surface area contributed by atoms with Crippen molar-refractivity contribution in [1.82, 2.24) is 24.4 Å². The third-order valence-electron chi connectivity index (χ3n) is 6.96. The van der Waals surface area contributed by atoms with Crippen molar-refractivity contribution in [3.05, 3.63) is 79.0 Å². The number of ether oxygens (including phenoxy) is 1. The van der Waals surface area contributed by atoms with E-state index in [0.717, 1.165) is 60.6 Å². The van der Waals surface area contributed by atoms with Crippen molar-refractivity contribution in [2.45, 2.75) is 13.0 Å². The molecular weight excluding hydrogens is 480 g/mol. The number of hydrogen-bond donors (Lipinski definition) is 1. The van der Waals surface area contributed by atoms with E-state index in [1.165, 1.54) is 11.6 Å². The summed E-state index contributed by atoms with van der Waals surface area (Å²) in [6, 6.07) is 8.17. The number of rotatable bonds is 7. The van der Waals surface area contributed by atoms with Gasteiger partial charge in [-0.25, -0.2) is 9.50 Å². The molecule has 190 valence electrons. The molecule has 2 aliphatic rings. The second-order valence-corrected chi connectivity index (χ2v) is 9.48. The molecule has 1 N–H and O–H groups in total. The van der Waals surface area contributed by atoms with Crippen LogP contribution in [0.25, 0.3) is 22.2 Å². The van der Waals surface area contributed by atoms with Crippen LogP contribution >= 0.6 is 0 Å². The third kappa shape index (κ3) is 4.55. The minimum atomic E-state index is -0.290. The maximum atomic E-state index is 11.5. The largest absolute Gasteiger partial charge is 0.381 e. The van der Waals surface area contributed by atoms with Crippen molar-refractivity contribution < 1.29 is 9.53 Å². The number of fused-ring (bicyclic) bond motifs is 1. The fourth-order valence-corrected chi connectivity index (χ4v) is 4.85. The van der Waals surface area contributed by atoms with Crippen LogP contribution in [-0.4, -0.2) is 56.6 Å². The molecule has 1 saturated heterocycles. The van der Waals surface area contributed by atoms with Gasteiger partial charge in [-0.2, -0.15) is 15.5 Å². The van der Waals surface area contributed by atoms with E-state index >= 15 is 0 Å². The van der Waals surface area contributed by atoms with Gasteiger partial charge in [-0.3, -0.25) is 9.48 Å². The van der Waals surface area contributed by atoms with Crippen LogP contribution in [0.4, 0.5) is 11.5 Å². The summed E-state index contributed by atoms with van der Waals surface area (Å²) in [5, 5.41) is 21.4. The number of carbonyl (C=O) groups is 1. The molecule has 0 atom stereocenters. The Balaban J connectivity index is 1.27. The van der Waals surface area contributed by atoms with Crippen LogP contribution in [0.2, 0.25) is 0 Å². The molecule has 0 unspecified atom stereocenters. The Hall–Kier alpha value is -4.75. The zero-order valence-corrected chi connectivity index (χ0v) is 20.7. The van der Waals surface area contributed by atoms with Crippen LogP contribution in [-0.2, 0) is 16.1 Å². The number of nitrogens with zero attached hydrogens (tertiary/aromatic N) is 7. The fraction of sp³-hybridized carbons (Fsp3) is 0.250. The minimum Gasteiger partial charge on any atom is -0.381 e. The standard InChI is InChI=1S/C28H26N8O2/c1-2-27(37)33-26-4-3-24(13-30-26)34-7-5-20(6-8-34)25-9-21(16-36-28(25)22(10-29)11-32-36)23-12-31-35(15-23)14-19-17-38-18-19/h2-5,9,11-13,15-16,19H,1,6-8,14,17-18H2,(H,30,33,37). The smallest absolute Gasteiger partial charge is 0.248 e. The van der Waals surface area contributed by atoms with Gasteiger partial charge in [-0.05, 0) is 36.3 Å². The van der Waals surface area contributed by atoms with E-state index in [0.29, 0.717) is 23.8 Å².